The molecule has 4 aromatic rings. The molecule has 0 aliphatic carbocycles. The molecule has 4 nitrogen and oxygen atoms in total. The number of fused-ring (bicyclic) bond motifs is 1. The predicted molar refractivity (Wildman–Crippen MR) is 141 cm³/mol. The molecular weight excluding hydrogens is 438 g/mol. The van der Waals surface area contributed by atoms with Gasteiger partial charge in [0.2, 0.25) is 0 Å². The van der Waals surface area contributed by atoms with Gasteiger partial charge in [-0.3, -0.25) is 0 Å². The van der Waals surface area contributed by atoms with Crippen molar-refractivity contribution in [2.45, 2.75) is 32.8 Å². The molecule has 1 atom stereocenters. The van der Waals surface area contributed by atoms with Crippen molar-refractivity contribution in [1.29, 1.82) is 0 Å². The van der Waals surface area contributed by atoms with Gasteiger partial charge in [-0.15, -0.1) is 22.4 Å². The highest BCUT2D eigenvalue weighted by atomic mass is 32.1. The van der Waals surface area contributed by atoms with Crippen LogP contribution in [-0.2, 0) is 6.61 Å². The third-order valence-corrected chi connectivity index (χ3v) is 6.99. The summed E-state index contributed by atoms with van der Waals surface area (Å²) in [5, 5.41) is 15.3. The number of rotatable bonds is 7. The Morgan fingerprint density at radius 2 is 1.88 bits per heavy atom. The Morgan fingerprint density at radius 3 is 2.65 bits per heavy atom. The van der Waals surface area contributed by atoms with Crippen molar-refractivity contribution in [1.82, 2.24) is 0 Å². The second kappa shape index (κ2) is 10.0. The number of thiophene rings is 1. The van der Waals surface area contributed by atoms with Crippen LogP contribution in [0.15, 0.2) is 87.5 Å². The first kappa shape index (κ1) is 22.1. The fourth-order valence-electron chi connectivity index (χ4n) is 4.22. The lowest BCUT2D eigenvalue weighted by molar-refractivity contribution is 0.306. The number of benzene rings is 3. The van der Waals surface area contributed by atoms with E-state index < -0.39 is 0 Å². The van der Waals surface area contributed by atoms with Crippen molar-refractivity contribution in [2.75, 3.05) is 6.54 Å². The number of hydrogen-bond acceptors (Lipinski definition) is 5. The molecule has 0 bridgehead atoms. The first-order valence-corrected chi connectivity index (χ1v) is 12.2. The van der Waals surface area contributed by atoms with E-state index in [0.29, 0.717) is 13.2 Å². The van der Waals surface area contributed by atoms with Crippen LogP contribution in [-0.4, -0.2) is 12.3 Å². The fourth-order valence-corrected chi connectivity index (χ4v) is 5.16. The van der Waals surface area contributed by atoms with Crippen molar-refractivity contribution in [3.8, 4) is 28.7 Å². The molecule has 1 aromatic heterocycles. The normalized spacial score (nSPS) is 13.4. The molecule has 0 saturated heterocycles. The Hall–Kier alpha value is -3.75. The number of aryl methyl sites for hydroxylation is 1. The third kappa shape index (κ3) is 4.78. The van der Waals surface area contributed by atoms with Crippen molar-refractivity contribution in [3.05, 3.63) is 88.8 Å². The van der Waals surface area contributed by atoms with Gasteiger partial charge in [0, 0.05) is 22.1 Å². The van der Waals surface area contributed by atoms with E-state index in [2.05, 4.69) is 94.2 Å². The first-order chi connectivity index (χ1) is 16.7. The second-order valence-corrected chi connectivity index (χ2v) is 9.27. The molecule has 168 valence electrons. The fraction of sp³-hybridized carbons (Fsp3) is 0.207. The van der Waals surface area contributed by atoms with Crippen LogP contribution in [0.2, 0.25) is 0 Å². The zero-order chi connectivity index (χ0) is 23.3. The van der Waals surface area contributed by atoms with Crippen molar-refractivity contribution in [3.63, 3.8) is 0 Å². The standard InChI is InChI=1S/C29H25N3OS/c1-3-6-23(16-24-17-30-32-31-24)22-10-12-25(13-11-22)33-18-21-9-14-29-27(15-21)28(19-34-29)26-8-5-4-7-20(26)2/h4-5,7-15,19,23H,16-18H2,1-2H3/t23-/m0/s1. The maximum absolute atomic E-state index is 6.13. The topological polar surface area (TPSA) is 46.3 Å². The maximum Gasteiger partial charge on any atom is 0.119 e. The molecule has 1 aliphatic heterocycles. The summed E-state index contributed by atoms with van der Waals surface area (Å²) in [6.45, 7) is 5.13. The van der Waals surface area contributed by atoms with E-state index in [-0.39, 0.29) is 5.92 Å². The molecular formula is C29H25N3OS. The molecule has 2 heterocycles. The van der Waals surface area contributed by atoms with Crippen molar-refractivity contribution < 1.29 is 4.74 Å². The molecule has 34 heavy (non-hydrogen) atoms. The molecule has 0 saturated carbocycles. The largest absolute Gasteiger partial charge is 0.489 e. The summed E-state index contributed by atoms with van der Waals surface area (Å²) in [6.07, 6.45) is 0.748. The van der Waals surface area contributed by atoms with Crippen molar-refractivity contribution in [2.24, 2.45) is 15.4 Å². The highest BCUT2D eigenvalue weighted by Gasteiger charge is 2.15. The van der Waals surface area contributed by atoms with Gasteiger partial charge in [-0.05, 0) is 71.0 Å². The molecule has 0 unspecified atom stereocenters. The van der Waals surface area contributed by atoms with Gasteiger partial charge in [-0.2, -0.15) is 5.11 Å². The second-order valence-electron chi connectivity index (χ2n) is 8.36. The van der Waals surface area contributed by atoms with E-state index in [0.717, 1.165) is 29.0 Å². The van der Waals surface area contributed by atoms with Gasteiger partial charge in [0.1, 0.15) is 18.9 Å². The van der Waals surface area contributed by atoms with E-state index in [4.69, 9.17) is 4.74 Å². The highest BCUT2D eigenvalue weighted by Crippen LogP contribution is 2.36. The van der Waals surface area contributed by atoms with Crippen LogP contribution in [0.3, 0.4) is 0 Å². The SMILES string of the molecule is CC#C[C@@H](CC1=NN=NC1)c1ccc(OCc2ccc3scc(-c4ccccc4C)c3c2)cc1. The van der Waals surface area contributed by atoms with Crippen LogP contribution in [0.25, 0.3) is 21.2 Å². The summed E-state index contributed by atoms with van der Waals surface area (Å²) in [7, 11) is 0. The van der Waals surface area contributed by atoms with E-state index >= 15 is 0 Å². The van der Waals surface area contributed by atoms with Gasteiger partial charge in [-0.25, -0.2) is 0 Å². The van der Waals surface area contributed by atoms with E-state index in [1.54, 1.807) is 11.3 Å². The summed E-state index contributed by atoms with van der Waals surface area (Å²) in [5.74, 6) is 7.26. The van der Waals surface area contributed by atoms with E-state index in [1.807, 2.05) is 19.1 Å². The summed E-state index contributed by atoms with van der Waals surface area (Å²) in [4.78, 5) is 0. The molecule has 0 spiro atoms. The Bertz CT molecular complexity index is 1440. The minimum atomic E-state index is 0.0853. The molecule has 0 radical (unpaired) electrons. The Kier molecular flexibility index (Phi) is 6.51. The van der Waals surface area contributed by atoms with Crippen molar-refractivity contribution >= 4 is 27.1 Å². The molecule has 0 fully saturated rings. The average molecular weight is 464 g/mol. The quantitative estimate of drug-likeness (QED) is 0.258. The summed E-state index contributed by atoms with van der Waals surface area (Å²) >= 11 is 1.79. The minimum Gasteiger partial charge on any atom is -0.489 e. The monoisotopic (exact) mass is 463 g/mol. The Labute approximate surface area is 204 Å². The zero-order valence-electron chi connectivity index (χ0n) is 19.3. The number of nitrogens with zero attached hydrogens (tertiary/aromatic N) is 3. The van der Waals surface area contributed by atoms with Crippen LogP contribution in [0, 0.1) is 18.8 Å². The Morgan fingerprint density at radius 1 is 1.03 bits per heavy atom. The average Bonchev–Trinajstić information content (AvgIpc) is 3.53. The molecule has 0 N–H and O–H groups in total. The lowest BCUT2D eigenvalue weighted by Gasteiger charge is -2.12. The smallest absolute Gasteiger partial charge is 0.119 e. The molecule has 5 rings (SSSR count). The first-order valence-electron chi connectivity index (χ1n) is 11.3. The van der Waals surface area contributed by atoms with E-state index in [1.165, 1.54) is 26.8 Å². The summed E-state index contributed by atoms with van der Waals surface area (Å²) in [5.41, 5.74) is 7.16. The van der Waals surface area contributed by atoms with Crippen LogP contribution >= 0.6 is 11.3 Å². The van der Waals surface area contributed by atoms with Gasteiger partial charge < -0.3 is 4.74 Å². The van der Waals surface area contributed by atoms with Crippen LogP contribution in [0.5, 0.6) is 5.75 Å². The maximum atomic E-state index is 6.13. The minimum absolute atomic E-state index is 0.0853. The highest BCUT2D eigenvalue weighted by molar-refractivity contribution is 7.17. The van der Waals surface area contributed by atoms with Gasteiger partial charge in [0.25, 0.3) is 0 Å². The van der Waals surface area contributed by atoms with Crippen LogP contribution < -0.4 is 4.74 Å². The lowest BCUT2D eigenvalue weighted by Crippen LogP contribution is -2.07. The van der Waals surface area contributed by atoms with Gasteiger partial charge in [0.05, 0.1) is 11.6 Å². The van der Waals surface area contributed by atoms with Gasteiger partial charge in [-0.1, -0.05) is 48.4 Å². The summed E-state index contributed by atoms with van der Waals surface area (Å²) in [6, 6.07) is 23.4. The zero-order valence-corrected chi connectivity index (χ0v) is 20.1. The third-order valence-electron chi connectivity index (χ3n) is 6.02. The van der Waals surface area contributed by atoms with E-state index in [9.17, 15) is 0 Å². The van der Waals surface area contributed by atoms with Gasteiger partial charge >= 0.3 is 0 Å². The van der Waals surface area contributed by atoms with Crippen LogP contribution in [0.4, 0.5) is 0 Å². The number of hydrogen-bond donors (Lipinski definition) is 0. The summed E-state index contributed by atoms with van der Waals surface area (Å²) < 4.78 is 7.42. The number of ether oxygens (including phenoxy) is 1. The molecule has 5 heteroatoms. The molecule has 0 amide bonds. The molecule has 1 aliphatic rings. The predicted octanol–water partition coefficient (Wildman–Crippen LogP) is 7.77. The lowest BCUT2D eigenvalue weighted by atomic mass is 9.94. The van der Waals surface area contributed by atoms with Crippen LogP contribution in [0.1, 0.15) is 36.0 Å². The van der Waals surface area contributed by atoms with Gasteiger partial charge in [0.15, 0.2) is 0 Å². The molecule has 3 aromatic carbocycles. The Balaban J connectivity index is 1.30.